The number of pyridine rings is 1. The summed E-state index contributed by atoms with van der Waals surface area (Å²) in [7, 11) is 1.98. The Morgan fingerprint density at radius 2 is 1.73 bits per heavy atom. The zero-order valence-electron chi connectivity index (χ0n) is 18.6. The van der Waals surface area contributed by atoms with Crippen molar-refractivity contribution in [3.8, 4) is 11.3 Å². The van der Waals surface area contributed by atoms with E-state index in [0.29, 0.717) is 5.56 Å². The molecule has 1 heterocycles. The Bertz CT molecular complexity index is 783. The molecule has 1 nitrogen and oxygen atoms in total. The van der Waals surface area contributed by atoms with Crippen LogP contribution < -0.4 is 4.57 Å². The number of nitrogens with zero attached hydrogens (tertiary/aromatic N) is 1. The van der Waals surface area contributed by atoms with E-state index in [1.807, 2.05) is 42.9 Å². The van der Waals surface area contributed by atoms with E-state index in [9.17, 15) is 0 Å². The molecule has 1 aromatic carbocycles. The van der Waals surface area contributed by atoms with Crippen molar-refractivity contribution in [2.45, 2.75) is 47.4 Å². The maximum Gasteiger partial charge on any atom is 0.212 e. The molecule has 0 aliphatic rings. The molecule has 118 valence electrons. The normalized spacial score (nSPS) is 15.5. The number of aromatic nitrogens is 1. The molecule has 0 saturated heterocycles. The largest absolute Gasteiger partial charge is 0.212 e. The van der Waals surface area contributed by atoms with Crippen molar-refractivity contribution in [1.29, 1.82) is 0 Å². The Morgan fingerprint density at radius 3 is 2.23 bits per heavy atom. The van der Waals surface area contributed by atoms with E-state index in [1.54, 1.807) is 12.1 Å². The van der Waals surface area contributed by atoms with Gasteiger partial charge in [-0.2, -0.15) is 0 Å². The average Bonchev–Trinajstić information content (AvgIpc) is 2.53. The van der Waals surface area contributed by atoms with Crippen LogP contribution in [0, 0.1) is 25.6 Å². The second-order valence-electron chi connectivity index (χ2n) is 6.71. The van der Waals surface area contributed by atoms with E-state index in [2.05, 4.69) is 27.7 Å². The van der Waals surface area contributed by atoms with Gasteiger partial charge in [0.2, 0.25) is 5.69 Å². The summed E-state index contributed by atoms with van der Waals surface area (Å²) in [6.45, 7) is 8.23. The molecule has 0 atom stereocenters. The van der Waals surface area contributed by atoms with Gasteiger partial charge in [-0.1, -0.05) is 45.4 Å². The Labute approximate surface area is 141 Å². The SMILES string of the molecule is [2H]C([2H])([2H])c1ccc(-c2ccc(C([2H])(C(C)C)C(C)C)c[n+]2C)c(C)c1. The Hall–Kier alpha value is -1.63. The van der Waals surface area contributed by atoms with Crippen LogP contribution in [0.3, 0.4) is 0 Å². The van der Waals surface area contributed by atoms with E-state index >= 15 is 0 Å². The third-order valence-electron chi connectivity index (χ3n) is 4.21. The van der Waals surface area contributed by atoms with Crippen LogP contribution in [0.1, 0.15) is 55.8 Å². The molecule has 2 rings (SSSR count). The summed E-state index contributed by atoms with van der Waals surface area (Å²) >= 11 is 0. The van der Waals surface area contributed by atoms with E-state index in [0.717, 1.165) is 22.4 Å². The Morgan fingerprint density at radius 1 is 1.05 bits per heavy atom. The van der Waals surface area contributed by atoms with E-state index in [4.69, 9.17) is 5.48 Å². The number of hydrogen-bond donors (Lipinski definition) is 0. The Kier molecular flexibility index (Phi) is 3.59. The van der Waals surface area contributed by atoms with Crippen LogP contribution in [0.5, 0.6) is 0 Å². The first kappa shape index (κ1) is 11.9. The molecule has 0 aliphatic carbocycles. The third-order valence-corrected chi connectivity index (χ3v) is 4.21. The molecule has 0 aliphatic heterocycles. The summed E-state index contributed by atoms with van der Waals surface area (Å²) in [5.41, 5.74) is 4.33. The van der Waals surface area contributed by atoms with Crippen LogP contribution in [-0.2, 0) is 7.05 Å². The molecule has 1 aromatic heterocycles. The van der Waals surface area contributed by atoms with Crippen molar-refractivity contribution in [3.63, 3.8) is 0 Å². The van der Waals surface area contributed by atoms with Gasteiger partial charge in [-0.25, -0.2) is 4.57 Å². The van der Waals surface area contributed by atoms with Crippen LogP contribution in [0.2, 0.25) is 0 Å². The lowest BCUT2D eigenvalue weighted by Crippen LogP contribution is -2.32. The van der Waals surface area contributed by atoms with Gasteiger partial charge in [0.15, 0.2) is 6.20 Å². The lowest BCUT2D eigenvalue weighted by Gasteiger charge is -2.24. The quantitative estimate of drug-likeness (QED) is 0.684. The highest BCUT2D eigenvalue weighted by atomic mass is 14.9. The van der Waals surface area contributed by atoms with Crippen molar-refractivity contribution >= 4 is 0 Å². The average molecular weight is 301 g/mol. The molecule has 0 radical (unpaired) electrons. The first-order valence-electron chi connectivity index (χ1n) is 10.0. The first-order chi connectivity index (χ1) is 11.9. The van der Waals surface area contributed by atoms with Crippen molar-refractivity contribution in [1.82, 2.24) is 0 Å². The molecule has 1 heteroatoms. The monoisotopic (exact) mass is 300 g/mol. The molecular formula is C21H30N+. The van der Waals surface area contributed by atoms with E-state index in [1.165, 1.54) is 0 Å². The predicted octanol–water partition coefficient (Wildman–Crippen LogP) is 5.19. The van der Waals surface area contributed by atoms with Crippen molar-refractivity contribution in [2.75, 3.05) is 0 Å². The molecule has 0 amide bonds. The number of hydrogen-bond acceptors (Lipinski definition) is 0. The van der Waals surface area contributed by atoms with E-state index in [-0.39, 0.29) is 11.8 Å². The van der Waals surface area contributed by atoms with Crippen molar-refractivity contribution in [2.24, 2.45) is 18.9 Å². The van der Waals surface area contributed by atoms with Gasteiger partial charge in [-0.15, -0.1) is 0 Å². The van der Waals surface area contributed by atoms with Crippen LogP contribution in [0.15, 0.2) is 36.5 Å². The summed E-state index contributed by atoms with van der Waals surface area (Å²) in [4.78, 5) is 0. The molecule has 0 unspecified atom stereocenters. The lowest BCUT2D eigenvalue weighted by molar-refractivity contribution is -0.661. The maximum absolute atomic E-state index is 9.01. The lowest BCUT2D eigenvalue weighted by atomic mass is 9.80. The van der Waals surface area contributed by atoms with Crippen LogP contribution in [0.25, 0.3) is 11.3 Å². The minimum atomic E-state index is -2.09. The zero-order valence-corrected chi connectivity index (χ0v) is 14.6. The topological polar surface area (TPSA) is 3.88 Å². The third kappa shape index (κ3) is 3.40. The predicted molar refractivity (Wildman–Crippen MR) is 94.9 cm³/mol. The smallest absolute Gasteiger partial charge is 0.201 e. The molecule has 22 heavy (non-hydrogen) atoms. The highest BCUT2D eigenvalue weighted by Crippen LogP contribution is 2.32. The van der Waals surface area contributed by atoms with Gasteiger partial charge in [0, 0.05) is 22.7 Å². The molecule has 0 spiro atoms. The summed E-state index contributed by atoms with van der Waals surface area (Å²) in [5.74, 6) is -0.237. The molecule has 0 bridgehead atoms. The standard InChI is InChI=1S/C21H30N/c1-14(2)21(15(3)4)18-9-11-20(22(7)13-18)19-10-8-16(5)12-17(19)6/h8-15,21H,1-7H3/q+1/i5D3,21D. The summed E-state index contributed by atoms with van der Waals surface area (Å²) in [6, 6.07) is 9.39. The molecule has 0 N–H and O–H groups in total. The van der Waals surface area contributed by atoms with Gasteiger partial charge < -0.3 is 0 Å². The van der Waals surface area contributed by atoms with Crippen molar-refractivity contribution in [3.05, 3.63) is 53.2 Å². The van der Waals surface area contributed by atoms with Gasteiger partial charge in [-0.3, -0.25) is 0 Å². The molecule has 2 aromatic rings. The second-order valence-corrected chi connectivity index (χ2v) is 6.71. The fraction of sp³-hybridized carbons (Fsp3) is 0.476. The summed E-state index contributed by atoms with van der Waals surface area (Å²) in [6.07, 6.45) is 2.04. The van der Waals surface area contributed by atoms with Gasteiger partial charge in [-0.05, 0) is 49.2 Å². The molecular weight excluding hydrogens is 266 g/mol. The second kappa shape index (κ2) is 6.64. The van der Waals surface area contributed by atoms with Crippen molar-refractivity contribution < 1.29 is 10.1 Å². The van der Waals surface area contributed by atoms with Crippen LogP contribution in [0.4, 0.5) is 0 Å². The summed E-state index contributed by atoms with van der Waals surface area (Å²) < 4.78 is 33.8. The maximum atomic E-state index is 9.01. The fourth-order valence-electron chi connectivity index (χ4n) is 3.34. The number of rotatable bonds is 4. The zero-order chi connectivity index (χ0) is 19.9. The Balaban J connectivity index is 2.52. The fourth-order valence-corrected chi connectivity index (χ4v) is 3.34. The summed E-state index contributed by atoms with van der Waals surface area (Å²) in [5, 5.41) is 0. The minimum Gasteiger partial charge on any atom is -0.201 e. The van der Waals surface area contributed by atoms with Crippen LogP contribution in [-0.4, -0.2) is 0 Å². The minimum absolute atomic E-state index is 0.202. The van der Waals surface area contributed by atoms with E-state index < -0.39 is 12.7 Å². The number of aryl methyl sites for hydroxylation is 3. The van der Waals surface area contributed by atoms with Gasteiger partial charge in [0.1, 0.15) is 7.05 Å². The number of benzene rings is 1. The molecule has 0 saturated carbocycles. The highest BCUT2D eigenvalue weighted by Gasteiger charge is 2.23. The van der Waals surface area contributed by atoms with Gasteiger partial charge >= 0.3 is 0 Å². The molecule has 0 fully saturated rings. The van der Waals surface area contributed by atoms with Gasteiger partial charge in [0.25, 0.3) is 0 Å². The van der Waals surface area contributed by atoms with Crippen LogP contribution >= 0.6 is 0 Å². The first-order valence-corrected chi connectivity index (χ1v) is 8.00. The van der Waals surface area contributed by atoms with Gasteiger partial charge in [0.05, 0.1) is 0 Å². The highest BCUT2D eigenvalue weighted by molar-refractivity contribution is 5.61.